The average Bonchev–Trinajstić information content (AvgIpc) is 3.31. The molecule has 0 bridgehead atoms. The molecule has 1 aliphatic rings. The van der Waals surface area contributed by atoms with Crippen LogP contribution in [0, 0.1) is 0 Å². The van der Waals surface area contributed by atoms with E-state index in [2.05, 4.69) is 25.8 Å². The Hall–Kier alpha value is -3.96. The molecule has 1 unspecified atom stereocenters. The fourth-order valence-electron chi connectivity index (χ4n) is 4.34. The molecule has 0 spiro atoms. The van der Waals surface area contributed by atoms with Gasteiger partial charge in [-0.2, -0.15) is 9.59 Å². The number of fused-ring (bicyclic) bond motifs is 1. The minimum Gasteiger partial charge on any atom is -0.503 e. The summed E-state index contributed by atoms with van der Waals surface area (Å²) >= 11 is 0. The molecule has 0 saturated heterocycles. The number of aliphatic hydroxyl groups is 1. The lowest BCUT2D eigenvalue weighted by Crippen LogP contribution is -2.33. The number of para-hydroxylation sites is 1. The number of H-pyrrole nitrogens is 1. The quantitative estimate of drug-likeness (QED) is 0.586. The molecule has 0 fully saturated rings. The standard InChI is InChI=1S/C26H28N2O3.CO2/c1-16(29)22-23(17-9-11-19(12-10-17)26(2,3)4)28(25(31)24(22)30)14-13-18-15-27-21-8-6-5-7-20(18)21;2-1-3/h5-12,15,23,27,30H,13-14H2,1-4H3;. The fraction of sp³-hybridized carbons (Fsp3) is 0.296. The van der Waals surface area contributed by atoms with Crippen molar-refractivity contribution in [1.29, 1.82) is 0 Å². The molecule has 0 aliphatic carbocycles. The maximum absolute atomic E-state index is 12.9. The second-order valence-electron chi connectivity index (χ2n) is 9.28. The molecule has 4 rings (SSSR count). The van der Waals surface area contributed by atoms with Crippen molar-refractivity contribution in [2.75, 3.05) is 6.54 Å². The maximum atomic E-state index is 12.9. The van der Waals surface area contributed by atoms with Gasteiger partial charge in [0.25, 0.3) is 5.91 Å². The van der Waals surface area contributed by atoms with E-state index < -0.39 is 17.7 Å². The number of hydrogen-bond acceptors (Lipinski definition) is 5. The van der Waals surface area contributed by atoms with Gasteiger partial charge in [0.15, 0.2) is 11.5 Å². The van der Waals surface area contributed by atoms with Gasteiger partial charge < -0.3 is 15.0 Å². The highest BCUT2D eigenvalue weighted by Gasteiger charge is 2.42. The van der Waals surface area contributed by atoms with Crippen LogP contribution in [0.25, 0.3) is 10.9 Å². The third-order valence-corrected chi connectivity index (χ3v) is 6.07. The van der Waals surface area contributed by atoms with Crippen molar-refractivity contribution in [3.63, 3.8) is 0 Å². The molecule has 1 aromatic heterocycles. The molecule has 176 valence electrons. The largest absolute Gasteiger partial charge is 0.503 e. The van der Waals surface area contributed by atoms with Crippen LogP contribution in [-0.2, 0) is 31.0 Å². The van der Waals surface area contributed by atoms with Crippen molar-refractivity contribution in [2.45, 2.75) is 45.6 Å². The number of nitrogens with one attached hydrogen (secondary N) is 1. The highest BCUT2D eigenvalue weighted by atomic mass is 16.3. The lowest BCUT2D eigenvalue weighted by atomic mass is 9.85. The fourth-order valence-corrected chi connectivity index (χ4v) is 4.34. The first kappa shape index (κ1) is 24.7. The lowest BCUT2D eigenvalue weighted by molar-refractivity contribution is -0.191. The minimum absolute atomic E-state index is 0.000432. The van der Waals surface area contributed by atoms with Crippen molar-refractivity contribution in [3.8, 4) is 0 Å². The molecule has 0 saturated carbocycles. The third-order valence-electron chi connectivity index (χ3n) is 6.07. The van der Waals surface area contributed by atoms with Crippen molar-refractivity contribution in [3.05, 3.63) is 82.8 Å². The molecule has 2 N–H and O–H groups in total. The molecule has 7 heteroatoms. The van der Waals surface area contributed by atoms with E-state index in [9.17, 15) is 14.7 Å². The zero-order valence-electron chi connectivity index (χ0n) is 19.7. The molecule has 3 aromatic rings. The van der Waals surface area contributed by atoms with Gasteiger partial charge in [0.1, 0.15) is 0 Å². The van der Waals surface area contributed by atoms with Crippen LogP contribution in [0.4, 0.5) is 0 Å². The number of rotatable bonds is 5. The Labute approximate surface area is 198 Å². The van der Waals surface area contributed by atoms with Crippen molar-refractivity contribution in [1.82, 2.24) is 9.88 Å². The van der Waals surface area contributed by atoms with E-state index in [1.807, 2.05) is 54.7 Å². The normalized spacial score (nSPS) is 15.8. The average molecular weight is 461 g/mol. The molecule has 1 amide bonds. The number of nitrogens with zero attached hydrogens (tertiary/aromatic N) is 1. The number of aromatic nitrogens is 1. The summed E-state index contributed by atoms with van der Waals surface area (Å²) < 4.78 is 0. The van der Waals surface area contributed by atoms with Crippen LogP contribution < -0.4 is 0 Å². The van der Waals surface area contributed by atoms with Crippen molar-refractivity contribution < 1.29 is 24.3 Å². The predicted molar refractivity (Wildman–Crippen MR) is 127 cm³/mol. The number of aromatic amines is 1. The number of amides is 1. The summed E-state index contributed by atoms with van der Waals surface area (Å²) in [7, 11) is 0. The third kappa shape index (κ3) is 4.85. The van der Waals surface area contributed by atoms with Gasteiger partial charge in [0.05, 0.1) is 11.6 Å². The van der Waals surface area contributed by atoms with E-state index in [-0.39, 0.29) is 22.9 Å². The van der Waals surface area contributed by atoms with Crippen molar-refractivity contribution in [2.24, 2.45) is 0 Å². The number of aliphatic hydroxyl groups excluding tert-OH is 1. The Balaban J connectivity index is 0.00000103. The van der Waals surface area contributed by atoms with Crippen molar-refractivity contribution >= 4 is 28.7 Å². The summed E-state index contributed by atoms with van der Waals surface area (Å²) in [5.41, 5.74) is 4.32. The van der Waals surface area contributed by atoms with E-state index in [1.165, 1.54) is 12.5 Å². The number of Topliss-reactive ketones (excluding diaryl/α,β-unsaturated/α-hetero) is 1. The van der Waals surface area contributed by atoms with Gasteiger partial charge in [-0.25, -0.2) is 0 Å². The minimum atomic E-state index is -0.579. The molecule has 1 atom stereocenters. The van der Waals surface area contributed by atoms with E-state index in [1.54, 1.807) is 4.90 Å². The second-order valence-corrected chi connectivity index (χ2v) is 9.28. The first-order valence-corrected chi connectivity index (χ1v) is 11.0. The van der Waals surface area contributed by atoms with Crippen LogP contribution >= 0.6 is 0 Å². The summed E-state index contributed by atoms with van der Waals surface area (Å²) in [6, 6.07) is 15.4. The van der Waals surface area contributed by atoms with Crippen LogP contribution in [0.5, 0.6) is 0 Å². The number of carbonyl (C=O) groups is 2. The molecular weight excluding hydrogens is 432 g/mol. The second kappa shape index (κ2) is 9.89. The van der Waals surface area contributed by atoms with Crippen LogP contribution in [0.15, 0.2) is 66.1 Å². The van der Waals surface area contributed by atoms with Crippen LogP contribution in [0.2, 0.25) is 0 Å². The van der Waals surface area contributed by atoms with Gasteiger partial charge in [0.2, 0.25) is 0 Å². The first-order valence-electron chi connectivity index (χ1n) is 11.0. The number of hydrogen-bond donors (Lipinski definition) is 2. The van der Waals surface area contributed by atoms with Gasteiger partial charge in [-0.1, -0.05) is 63.2 Å². The maximum Gasteiger partial charge on any atom is 0.373 e. The van der Waals surface area contributed by atoms with E-state index in [0.717, 1.165) is 22.0 Å². The van der Waals surface area contributed by atoms with Gasteiger partial charge in [-0.05, 0) is 41.5 Å². The molecule has 2 heterocycles. The highest BCUT2D eigenvalue weighted by Crippen LogP contribution is 2.38. The number of ketones is 1. The van der Waals surface area contributed by atoms with Gasteiger partial charge in [-0.15, -0.1) is 0 Å². The Bertz CT molecular complexity index is 1270. The molecule has 0 radical (unpaired) electrons. The molecule has 34 heavy (non-hydrogen) atoms. The number of carbonyl (C=O) groups excluding carboxylic acids is 4. The summed E-state index contributed by atoms with van der Waals surface area (Å²) in [6.45, 7) is 8.22. The zero-order chi connectivity index (χ0) is 25.0. The molecule has 7 nitrogen and oxygen atoms in total. The lowest BCUT2D eigenvalue weighted by Gasteiger charge is -2.27. The summed E-state index contributed by atoms with van der Waals surface area (Å²) in [5.74, 6) is -1.21. The molecule has 2 aromatic carbocycles. The van der Waals surface area contributed by atoms with Crippen LogP contribution in [-0.4, -0.2) is 39.4 Å². The Morgan fingerprint density at radius 1 is 1.09 bits per heavy atom. The Kier molecular flexibility index (Phi) is 7.18. The van der Waals surface area contributed by atoms with E-state index >= 15 is 0 Å². The first-order chi connectivity index (χ1) is 16.1. The monoisotopic (exact) mass is 460 g/mol. The van der Waals surface area contributed by atoms with Gasteiger partial charge in [-0.3, -0.25) is 9.59 Å². The molecular formula is C27H28N2O5. The van der Waals surface area contributed by atoms with Gasteiger partial charge >= 0.3 is 6.15 Å². The molecule has 1 aliphatic heterocycles. The summed E-state index contributed by atoms with van der Waals surface area (Å²) in [6.07, 6.45) is 2.82. The number of benzene rings is 2. The Morgan fingerprint density at radius 2 is 1.71 bits per heavy atom. The van der Waals surface area contributed by atoms with Crippen LogP contribution in [0.1, 0.15) is 50.4 Å². The van der Waals surface area contributed by atoms with Crippen LogP contribution in [0.3, 0.4) is 0 Å². The summed E-state index contributed by atoms with van der Waals surface area (Å²) in [4.78, 5) is 46.4. The topological polar surface area (TPSA) is 108 Å². The zero-order valence-corrected chi connectivity index (χ0v) is 19.7. The SMILES string of the molecule is CC(=O)C1=C(O)C(=O)N(CCc2c[nH]c3ccccc23)C1c1ccc(C(C)(C)C)cc1.O=C=O. The van der Waals surface area contributed by atoms with E-state index in [0.29, 0.717) is 13.0 Å². The van der Waals surface area contributed by atoms with Gasteiger partial charge in [0, 0.05) is 23.6 Å². The summed E-state index contributed by atoms with van der Waals surface area (Å²) in [5, 5.41) is 11.6. The Morgan fingerprint density at radius 3 is 2.29 bits per heavy atom. The predicted octanol–water partition coefficient (Wildman–Crippen LogP) is 4.41. The highest BCUT2D eigenvalue weighted by molar-refractivity contribution is 6.08. The smallest absolute Gasteiger partial charge is 0.373 e. The van der Waals surface area contributed by atoms with E-state index in [4.69, 9.17) is 9.59 Å².